The number of hydrogen-bond donors (Lipinski definition) is 1. The van der Waals surface area contributed by atoms with Crippen LogP contribution in [-0.4, -0.2) is 36.0 Å². The molecule has 0 atom stereocenters. The Morgan fingerprint density at radius 1 is 0.933 bits per heavy atom. The Hall–Kier alpha value is -1.83. The summed E-state index contributed by atoms with van der Waals surface area (Å²) in [6.45, 7) is 5.49. The van der Waals surface area contributed by atoms with Gasteiger partial charge in [-0.25, -0.2) is 9.97 Å². The Balaban J connectivity index is 1.88. The number of ether oxygens (including phenoxy) is 2. The van der Waals surface area contributed by atoms with Gasteiger partial charge in [0, 0.05) is 39.8 Å². The Kier molecular flexibility index (Phi) is 8.78. The first-order valence-electron chi connectivity index (χ1n) is 9.63. The molecule has 2 aromatic carbocycles. The standard InChI is InChI=1S/C22H23Cl2N3O2S/c1-3-28-21(29-4-2)14-25-19-13-20(30-18-10-8-16(23)9-11-18)27-22(26-19)15-6-5-7-17(24)12-15/h5-13,21H,3-4,14H2,1-2H3,(H,25,26,27). The number of benzene rings is 2. The minimum atomic E-state index is -0.350. The zero-order chi connectivity index (χ0) is 21.3. The molecule has 0 aliphatic heterocycles. The second kappa shape index (κ2) is 11.5. The summed E-state index contributed by atoms with van der Waals surface area (Å²) in [4.78, 5) is 10.4. The number of hydrogen-bond acceptors (Lipinski definition) is 6. The van der Waals surface area contributed by atoms with Gasteiger partial charge in [-0.1, -0.05) is 47.1 Å². The Labute approximate surface area is 191 Å². The molecule has 158 valence electrons. The van der Waals surface area contributed by atoms with Crippen molar-refractivity contribution in [1.29, 1.82) is 0 Å². The van der Waals surface area contributed by atoms with Gasteiger partial charge in [-0.3, -0.25) is 0 Å². The van der Waals surface area contributed by atoms with Crippen LogP contribution in [0.5, 0.6) is 0 Å². The highest BCUT2D eigenvalue weighted by Crippen LogP contribution is 2.31. The van der Waals surface area contributed by atoms with Crippen LogP contribution in [0.3, 0.4) is 0 Å². The molecule has 0 amide bonds. The molecule has 5 nitrogen and oxygen atoms in total. The van der Waals surface area contributed by atoms with Crippen molar-refractivity contribution in [3.63, 3.8) is 0 Å². The van der Waals surface area contributed by atoms with Gasteiger partial charge in [0.2, 0.25) is 0 Å². The lowest BCUT2D eigenvalue weighted by Crippen LogP contribution is -2.26. The van der Waals surface area contributed by atoms with E-state index in [9.17, 15) is 0 Å². The van der Waals surface area contributed by atoms with Gasteiger partial charge in [-0.2, -0.15) is 0 Å². The van der Waals surface area contributed by atoms with Gasteiger partial charge in [0.1, 0.15) is 10.8 Å². The molecule has 1 heterocycles. The lowest BCUT2D eigenvalue weighted by Gasteiger charge is -2.18. The fourth-order valence-electron chi connectivity index (χ4n) is 2.67. The SMILES string of the molecule is CCOC(CNc1cc(Sc2ccc(Cl)cc2)nc(-c2cccc(Cl)c2)n1)OCC. The third-order valence-electron chi connectivity index (χ3n) is 3.98. The number of anilines is 1. The first kappa shape index (κ1) is 22.8. The zero-order valence-electron chi connectivity index (χ0n) is 16.8. The summed E-state index contributed by atoms with van der Waals surface area (Å²) < 4.78 is 11.2. The van der Waals surface area contributed by atoms with E-state index in [0.29, 0.717) is 41.4 Å². The van der Waals surface area contributed by atoms with Crippen molar-refractivity contribution in [2.75, 3.05) is 25.1 Å². The van der Waals surface area contributed by atoms with Crippen molar-refractivity contribution in [2.24, 2.45) is 0 Å². The zero-order valence-corrected chi connectivity index (χ0v) is 19.1. The maximum absolute atomic E-state index is 6.17. The predicted molar refractivity (Wildman–Crippen MR) is 124 cm³/mol. The van der Waals surface area contributed by atoms with Gasteiger partial charge in [-0.15, -0.1) is 0 Å². The maximum atomic E-state index is 6.17. The summed E-state index contributed by atoms with van der Waals surface area (Å²) in [6, 6.07) is 17.0. The van der Waals surface area contributed by atoms with Gasteiger partial charge >= 0.3 is 0 Å². The molecular weight excluding hydrogens is 441 g/mol. The predicted octanol–water partition coefficient (Wildman–Crippen LogP) is 6.41. The van der Waals surface area contributed by atoms with E-state index in [4.69, 9.17) is 37.7 Å². The topological polar surface area (TPSA) is 56.3 Å². The fraction of sp³-hybridized carbons (Fsp3) is 0.273. The van der Waals surface area contributed by atoms with Gasteiger partial charge in [0.25, 0.3) is 0 Å². The van der Waals surface area contributed by atoms with E-state index >= 15 is 0 Å². The van der Waals surface area contributed by atoms with Gasteiger partial charge in [0.05, 0.1) is 6.54 Å². The van der Waals surface area contributed by atoms with Crippen molar-refractivity contribution >= 4 is 40.8 Å². The largest absolute Gasteiger partial charge is 0.365 e. The van der Waals surface area contributed by atoms with E-state index in [-0.39, 0.29) is 6.29 Å². The van der Waals surface area contributed by atoms with Crippen molar-refractivity contribution in [2.45, 2.75) is 30.1 Å². The third-order valence-corrected chi connectivity index (χ3v) is 5.39. The lowest BCUT2D eigenvalue weighted by molar-refractivity contribution is -0.126. The quantitative estimate of drug-likeness (QED) is 0.276. The Morgan fingerprint density at radius 3 is 2.33 bits per heavy atom. The average Bonchev–Trinajstić information content (AvgIpc) is 2.74. The van der Waals surface area contributed by atoms with Crippen LogP contribution in [0.15, 0.2) is 64.5 Å². The third kappa shape index (κ3) is 6.86. The van der Waals surface area contributed by atoms with Crippen molar-refractivity contribution in [3.05, 3.63) is 64.6 Å². The van der Waals surface area contributed by atoms with Gasteiger partial charge in [0.15, 0.2) is 12.1 Å². The van der Waals surface area contributed by atoms with Crippen molar-refractivity contribution in [3.8, 4) is 11.4 Å². The van der Waals surface area contributed by atoms with Crippen LogP contribution in [0.25, 0.3) is 11.4 Å². The average molecular weight is 464 g/mol. The molecule has 3 rings (SSSR count). The molecule has 0 bridgehead atoms. The van der Waals surface area contributed by atoms with E-state index in [1.54, 1.807) is 0 Å². The highest BCUT2D eigenvalue weighted by molar-refractivity contribution is 7.99. The molecule has 0 fully saturated rings. The molecule has 0 radical (unpaired) electrons. The summed E-state index contributed by atoms with van der Waals surface area (Å²) in [5, 5.41) is 5.44. The molecular formula is C22H23Cl2N3O2S. The maximum Gasteiger partial charge on any atom is 0.174 e. The monoisotopic (exact) mass is 463 g/mol. The van der Waals surface area contributed by atoms with Crippen LogP contribution < -0.4 is 5.32 Å². The smallest absolute Gasteiger partial charge is 0.174 e. The lowest BCUT2D eigenvalue weighted by atomic mass is 10.2. The van der Waals surface area contributed by atoms with Crippen LogP contribution in [0, 0.1) is 0 Å². The van der Waals surface area contributed by atoms with Crippen LogP contribution in [0.2, 0.25) is 10.0 Å². The second-order valence-electron chi connectivity index (χ2n) is 6.20. The number of nitrogens with one attached hydrogen (secondary N) is 1. The normalized spacial score (nSPS) is 11.1. The van der Waals surface area contributed by atoms with E-state index in [0.717, 1.165) is 15.5 Å². The number of rotatable bonds is 10. The summed E-state index contributed by atoms with van der Waals surface area (Å²) in [5.74, 6) is 1.27. The molecule has 1 N–H and O–H groups in total. The Morgan fingerprint density at radius 2 is 1.67 bits per heavy atom. The minimum absolute atomic E-state index is 0.350. The van der Waals surface area contributed by atoms with Gasteiger partial charge in [-0.05, 0) is 50.2 Å². The molecule has 0 unspecified atom stereocenters. The van der Waals surface area contributed by atoms with Crippen LogP contribution in [-0.2, 0) is 9.47 Å². The van der Waals surface area contributed by atoms with Gasteiger partial charge < -0.3 is 14.8 Å². The number of aromatic nitrogens is 2. The summed E-state index contributed by atoms with van der Waals surface area (Å²) in [6.07, 6.45) is -0.350. The van der Waals surface area contributed by atoms with E-state index in [1.807, 2.05) is 68.4 Å². The van der Waals surface area contributed by atoms with E-state index in [2.05, 4.69) is 10.3 Å². The molecule has 0 spiro atoms. The fourth-order valence-corrected chi connectivity index (χ4v) is 3.81. The van der Waals surface area contributed by atoms with Crippen LogP contribution >= 0.6 is 35.0 Å². The van der Waals surface area contributed by atoms with Crippen molar-refractivity contribution < 1.29 is 9.47 Å². The Bertz CT molecular complexity index is 951. The number of nitrogens with zero attached hydrogens (tertiary/aromatic N) is 2. The van der Waals surface area contributed by atoms with Crippen molar-refractivity contribution in [1.82, 2.24) is 9.97 Å². The van der Waals surface area contributed by atoms with Crippen LogP contribution in [0.1, 0.15) is 13.8 Å². The van der Waals surface area contributed by atoms with Crippen LogP contribution in [0.4, 0.5) is 5.82 Å². The molecule has 0 aliphatic carbocycles. The molecule has 0 saturated carbocycles. The van der Waals surface area contributed by atoms with E-state index < -0.39 is 0 Å². The molecule has 1 aromatic heterocycles. The minimum Gasteiger partial charge on any atom is -0.365 e. The van der Waals surface area contributed by atoms with E-state index in [1.165, 1.54) is 11.8 Å². The molecule has 8 heteroatoms. The highest BCUT2D eigenvalue weighted by Gasteiger charge is 2.12. The first-order valence-corrected chi connectivity index (χ1v) is 11.2. The second-order valence-corrected chi connectivity index (χ2v) is 8.17. The molecule has 30 heavy (non-hydrogen) atoms. The summed E-state index contributed by atoms with van der Waals surface area (Å²) in [7, 11) is 0. The number of halogens is 2. The first-order chi connectivity index (χ1) is 14.6. The molecule has 3 aromatic rings. The molecule has 0 saturated heterocycles. The highest BCUT2D eigenvalue weighted by atomic mass is 35.5. The molecule has 0 aliphatic rings. The summed E-state index contributed by atoms with van der Waals surface area (Å²) >= 11 is 13.7. The summed E-state index contributed by atoms with van der Waals surface area (Å²) in [5.41, 5.74) is 0.843.